The molecule has 0 bridgehead atoms. The summed E-state index contributed by atoms with van der Waals surface area (Å²) in [4.78, 5) is 4.25. The average molecular weight is 246 g/mol. The molecule has 0 aliphatic heterocycles. The lowest BCUT2D eigenvalue weighted by Crippen LogP contribution is -2.33. The van der Waals surface area contributed by atoms with Gasteiger partial charge in [-0.2, -0.15) is 0 Å². The maximum Gasteiger partial charge on any atom is 0.0313 e. The predicted molar refractivity (Wildman–Crippen MR) is 76.5 cm³/mol. The lowest BCUT2D eigenvalue weighted by molar-refractivity contribution is 0.336. The van der Waals surface area contributed by atoms with Gasteiger partial charge in [0.25, 0.3) is 0 Å². The molecule has 0 spiro atoms. The van der Waals surface area contributed by atoms with Gasteiger partial charge < -0.3 is 5.32 Å². The Morgan fingerprint density at radius 1 is 1.22 bits per heavy atom. The van der Waals surface area contributed by atoms with Crippen molar-refractivity contribution in [2.45, 2.75) is 65.0 Å². The van der Waals surface area contributed by atoms with Crippen LogP contribution in [0.25, 0.3) is 0 Å². The minimum atomic E-state index is 0.628. The number of pyridine rings is 1. The third-order valence-electron chi connectivity index (χ3n) is 4.17. The van der Waals surface area contributed by atoms with E-state index in [0.29, 0.717) is 6.04 Å². The fourth-order valence-electron chi connectivity index (χ4n) is 2.97. The number of aryl methyl sites for hydroxylation is 1. The first-order valence-electron chi connectivity index (χ1n) is 7.39. The summed E-state index contributed by atoms with van der Waals surface area (Å²) >= 11 is 0. The van der Waals surface area contributed by atoms with Crippen LogP contribution < -0.4 is 5.32 Å². The molecular weight excluding hydrogens is 220 g/mol. The lowest BCUT2D eigenvalue weighted by atomic mass is 9.93. The van der Waals surface area contributed by atoms with Crippen molar-refractivity contribution in [3.8, 4) is 0 Å². The van der Waals surface area contributed by atoms with Gasteiger partial charge in [-0.1, -0.05) is 31.7 Å². The maximum atomic E-state index is 4.25. The number of hydrogen-bond acceptors (Lipinski definition) is 2. The van der Waals surface area contributed by atoms with Gasteiger partial charge in [-0.15, -0.1) is 0 Å². The monoisotopic (exact) mass is 246 g/mol. The van der Waals surface area contributed by atoms with E-state index in [1.165, 1.54) is 49.7 Å². The Morgan fingerprint density at radius 2 is 1.94 bits per heavy atom. The van der Waals surface area contributed by atoms with Crippen LogP contribution in [0.2, 0.25) is 0 Å². The summed E-state index contributed by atoms with van der Waals surface area (Å²) in [6.07, 6.45) is 12.4. The summed E-state index contributed by atoms with van der Waals surface area (Å²) in [5, 5.41) is 3.68. The van der Waals surface area contributed by atoms with Crippen molar-refractivity contribution in [1.82, 2.24) is 10.3 Å². The zero-order chi connectivity index (χ0) is 12.8. The molecule has 100 valence electrons. The average Bonchev–Trinajstić information content (AvgIpc) is 2.65. The van der Waals surface area contributed by atoms with Crippen molar-refractivity contribution in [2.75, 3.05) is 0 Å². The van der Waals surface area contributed by atoms with E-state index in [1.807, 2.05) is 12.4 Å². The van der Waals surface area contributed by atoms with Crippen molar-refractivity contribution < 1.29 is 0 Å². The second-order valence-electron chi connectivity index (χ2n) is 5.79. The molecule has 0 aromatic carbocycles. The zero-order valence-corrected chi connectivity index (χ0v) is 11.8. The quantitative estimate of drug-likeness (QED) is 0.817. The van der Waals surface area contributed by atoms with Crippen molar-refractivity contribution in [1.29, 1.82) is 0 Å². The van der Waals surface area contributed by atoms with E-state index in [1.54, 1.807) is 0 Å². The Bertz CT molecular complexity index is 354. The molecule has 0 amide bonds. The van der Waals surface area contributed by atoms with E-state index in [0.717, 1.165) is 12.5 Å². The number of nitrogens with zero attached hydrogens (tertiary/aromatic N) is 1. The highest BCUT2D eigenvalue weighted by atomic mass is 14.9. The molecule has 0 saturated heterocycles. The Morgan fingerprint density at radius 3 is 2.61 bits per heavy atom. The second kappa shape index (κ2) is 6.89. The fraction of sp³-hybridized carbons (Fsp3) is 0.688. The van der Waals surface area contributed by atoms with Crippen LogP contribution >= 0.6 is 0 Å². The van der Waals surface area contributed by atoms with Gasteiger partial charge in [-0.3, -0.25) is 4.98 Å². The summed E-state index contributed by atoms with van der Waals surface area (Å²) in [6.45, 7) is 5.40. The summed E-state index contributed by atoms with van der Waals surface area (Å²) in [6, 6.07) is 2.85. The molecule has 1 saturated carbocycles. The van der Waals surface area contributed by atoms with E-state index in [2.05, 4.69) is 30.2 Å². The van der Waals surface area contributed by atoms with Crippen LogP contribution in [-0.2, 0) is 6.54 Å². The fourth-order valence-corrected chi connectivity index (χ4v) is 2.97. The molecule has 0 unspecified atom stereocenters. The molecule has 1 aliphatic rings. The van der Waals surface area contributed by atoms with Gasteiger partial charge in [-0.25, -0.2) is 0 Å². The number of nitrogens with one attached hydrogen (secondary N) is 1. The van der Waals surface area contributed by atoms with Gasteiger partial charge in [0.15, 0.2) is 0 Å². The highest BCUT2D eigenvalue weighted by Gasteiger charge is 2.18. The topological polar surface area (TPSA) is 24.9 Å². The van der Waals surface area contributed by atoms with Gasteiger partial charge in [0.05, 0.1) is 0 Å². The van der Waals surface area contributed by atoms with Gasteiger partial charge in [0.1, 0.15) is 0 Å². The molecule has 2 rings (SSSR count). The highest BCUT2D eigenvalue weighted by molar-refractivity contribution is 5.16. The van der Waals surface area contributed by atoms with Crippen molar-refractivity contribution in [2.24, 2.45) is 5.92 Å². The second-order valence-corrected chi connectivity index (χ2v) is 5.79. The molecule has 0 radical (unpaired) electrons. The first-order chi connectivity index (χ1) is 8.75. The molecule has 1 fully saturated rings. The van der Waals surface area contributed by atoms with Crippen LogP contribution in [0, 0.1) is 12.8 Å². The summed E-state index contributed by atoms with van der Waals surface area (Å²) < 4.78 is 0. The highest BCUT2D eigenvalue weighted by Crippen LogP contribution is 2.25. The first-order valence-corrected chi connectivity index (χ1v) is 7.39. The predicted octanol–water partition coefficient (Wildman–Crippen LogP) is 3.84. The summed E-state index contributed by atoms with van der Waals surface area (Å²) in [7, 11) is 0. The van der Waals surface area contributed by atoms with E-state index in [-0.39, 0.29) is 0 Å². The van der Waals surface area contributed by atoms with Gasteiger partial charge in [0, 0.05) is 25.0 Å². The molecule has 1 aromatic rings. The number of hydrogen-bond donors (Lipinski definition) is 1. The lowest BCUT2D eigenvalue weighted by Gasteiger charge is -2.23. The van der Waals surface area contributed by atoms with E-state index in [9.17, 15) is 0 Å². The minimum Gasteiger partial charge on any atom is -0.310 e. The van der Waals surface area contributed by atoms with Gasteiger partial charge >= 0.3 is 0 Å². The third-order valence-corrected chi connectivity index (χ3v) is 4.17. The van der Waals surface area contributed by atoms with Crippen molar-refractivity contribution in [3.63, 3.8) is 0 Å². The minimum absolute atomic E-state index is 0.628. The van der Waals surface area contributed by atoms with Crippen LogP contribution in [0.4, 0.5) is 0 Å². The molecule has 18 heavy (non-hydrogen) atoms. The van der Waals surface area contributed by atoms with Crippen LogP contribution in [0.15, 0.2) is 18.5 Å². The molecular formula is C16H26N2. The number of aromatic nitrogens is 1. The van der Waals surface area contributed by atoms with Gasteiger partial charge in [0.2, 0.25) is 0 Å². The smallest absolute Gasteiger partial charge is 0.0313 e. The van der Waals surface area contributed by atoms with Crippen molar-refractivity contribution in [3.05, 3.63) is 29.6 Å². The Hall–Kier alpha value is -0.890. The SMILES string of the molecule is Cc1cncc(CN[C@@H](C)C2CCCCCC2)c1. The summed E-state index contributed by atoms with van der Waals surface area (Å²) in [5.41, 5.74) is 2.55. The van der Waals surface area contributed by atoms with Crippen molar-refractivity contribution >= 4 is 0 Å². The van der Waals surface area contributed by atoms with E-state index < -0.39 is 0 Å². The molecule has 1 aromatic heterocycles. The first kappa shape index (κ1) is 13.5. The van der Waals surface area contributed by atoms with E-state index >= 15 is 0 Å². The molecule has 1 heterocycles. The molecule has 2 nitrogen and oxygen atoms in total. The van der Waals surface area contributed by atoms with E-state index in [4.69, 9.17) is 0 Å². The van der Waals surface area contributed by atoms with Crippen LogP contribution in [-0.4, -0.2) is 11.0 Å². The molecule has 1 aliphatic carbocycles. The third kappa shape index (κ3) is 4.09. The number of rotatable bonds is 4. The zero-order valence-electron chi connectivity index (χ0n) is 11.8. The molecule has 2 heteroatoms. The maximum absolute atomic E-state index is 4.25. The van der Waals surface area contributed by atoms with Crippen LogP contribution in [0.3, 0.4) is 0 Å². The standard InChI is InChI=1S/C16H26N2/c1-13-9-15(11-17-10-13)12-18-14(2)16-7-5-3-4-6-8-16/h9-11,14,16,18H,3-8,12H2,1-2H3/t14-/m0/s1. The Balaban J connectivity index is 1.81. The molecule has 1 N–H and O–H groups in total. The Labute approximate surface area is 111 Å². The van der Waals surface area contributed by atoms with Crippen LogP contribution in [0.5, 0.6) is 0 Å². The van der Waals surface area contributed by atoms with Gasteiger partial charge in [-0.05, 0) is 43.7 Å². The summed E-state index contributed by atoms with van der Waals surface area (Å²) in [5.74, 6) is 0.866. The molecule has 1 atom stereocenters. The largest absolute Gasteiger partial charge is 0.310 e. The van der Waals surface area contributed by atoms with Crippen LogP contribution in [0.1, 0.15) is 56.6 Å². The Kier molecular flexibility index (Phi) is 5.18. The normalized spacial score (nSPS) is 19.4.